The highest BCUT2D eigenvalue weighted by atomic mass is 127. The second-order valence-electron chi connectivity index (χ2n) is 5.72. The summed E-state index contributed by atoms with van der Waals surface area (Å²) in [6, 6.07) is 11.7. The summed E-state index contributed by atoms with van der Waals surface area (Å²) in [5.74, 6) is -0.546. The third-order valence-corrected chi connectivity index (χ3v) is 6.89. The fourth-order valence-corrected chi connectivity index (χ4v) is 5.26. The lowest BCUT2D eigenvalue weighted by Gasteiger charge is -2.12. The Morgan fingerprint density at radius 3 is 2.59 bits per heavy atom. The standard InChI is InChI=1S/C19H17IN2O4S/c1-3-26-19(23)13(2)12-16-17(20)15-10-7-11-21-18(15)22(16)27(24,25)14-8-5-4-6-9-14/h4-11H,2-3,12H2,1H3. The molecule has 1 aromatic carbocycles. The van der Waals surface area contributed by atoms with Crippen molar-refractivity contribution < 1.29 is 17.9 Å². The average molecular weight is 496 g/mol. The van der Waals surface area contributed by atoms with Crippen LogP contribution in [0, 0.1) is 3.57 Å². The van der Waals surface area contributed by atoms with Crippen LogP contribution in [0.15, 0.2) is 65.7 Å². The molecule has 2 aromatic heterocycles. The molecule has 27 heavy (non-hydrogen) atoms. The molecule has 6 nitrogen and oxygen atoms in total. The minimum atomic E-state index is -3.90. The van der Waals surface area contributed by atoms with Gasteiger partial charge >= 0.3 is 5.97 Å². The van der Waals surface area contributed by atoms with Gasteiger partial charge in [0.05, 0.1) is 17.2 Å². The molecule has 0 radical (unpaired) electrons. The number of pyridine rings is 1. The molecule has 0 saturated heterocycles. The minimum absolute atomic E-state index is 0.0412. The van der Waals surface area contributed by atoms with E-state index in [1.807, 2.05) is 0 Å². The fraction of sp³-hybridized carbons (Fsp3) is 0.158. The van der Waals surface area contributed by atoms with Crippen LogP contribution in [-0.4, -0.2) is 30.0 Å². The largest absolute Gasteiger partial charge is 0.463 e. The Bertz CT molecular complexity index is 1120. The monoisotopic (exact) mass is 496 g/mol. The van der Waals surface area contributed by atoms with E-state index in [-0.39, 0.29) is 23.5 Å². The van der Waals surface area contributed by atoms with Gasteiger partial charge in [0.2, 0.25) is 0 Å². The van der Waals surface area contributed by atoms with Crippen molar-refractivity contribution in [3.8, 4) is 0 Å². The summed E-state index contributed by atoms with van der Waals surface area (Å²) < 4.78 is 33.6. The van der Waals surface area contributed by atoms with Crippen molar-refractivity contribution in [3.63, 3.8) is 0 Å². The maximum Gasteiger partial charge on any atom is 0.333 e. The van der Waals surface area contributed by atoms with Crippen LogP contribution < -0.4 is 0 Å². The van der Waals surface area contributed by atoms with E-state index in [0.29, 0.717) is 20.3 Å². The molecule has 3 aromatic rings. The van der Waals surface area contributed by atoms with Crippen LogP contribution in [0.4, 0.5) is 0 Å². The smallest absolute Gasteiger partial charge is 0.333 e. The molecule has 0 aliphatic heterocycles. The lowest BCUT2D eigenvalue weighted by molar-refractivity contribution is -0.138. The number of hydrogen-bond acceptors (Lipinski definition) is 5. The first-order valence-electron chi connectivity index (χ1n) is 8.17. The summed E-state index contributed by atoms with van der Waals surface area (Å²) in [5, 5.41) is 0.698. The van der Waals surface area contributed by atoms with Crippen molar-refractivity contribution in [3.05, 3.63) is 70.1 Å². The lowest BCUT2D eigenvalue weighted by atomic mass is 10.1. The quantitative estimate of drug-likeness (QED) is 0.297. The van der Waals surface area contributed by atoms with Crippen LogP contribution in [0.1, 0.15) is 12.6 Å². The summed E-state index contributed by atoms with van der Waals surface area (Å²) in [5.41, 5.74) is 0.936. The van der Waals surface area contributed by atoms with E-state index in [4.69, 9.17) is 4.74 Å². The molecule has 0 N–H and O–H groups in total. The number of nitrogens with zero attached hydrogens (tertiary/aromatic N) is 2. The van der Waals surface area contributed by atoms with Gasteiger partial charge in [-0.15, -0.1) is 0 Å². The average Bonchev–Trinajstić information content (AvgIpc) is 2.95. The number of fused-ring (bicyclic) bond motifs is 1. The Hall–Kier alpha value is -2.20. The van der Waals surface area contributed by atoms with Crippen LogP contribution >= 0.6 is 22.6 Å². The first-order valence-corrected chi connectivity index (χ1v) is 10.7. The van der Waals surface area contributed by atoms with E-state index in [9.17, 15) is 13.2 Å². The highest BCUT2D eigenvalue weighted by molar-refractivity contribution is 14.1. The Labute approximate surface area is 171 Å². The van der Waals surface area contributed by atoms with Gasteiger partial charge in [-0.3, -0.25) is 0 Å². The number of benzene rings is 1. The number of halogens is 1. The molecule has 0 saturated carbocycles. The Morgan fingerprint density at radius 1 is 1.22 bits per heavy atom. The molecule has 2 heterocycles. The van der Waals surface area contributed by atoms with Crippen LogP contribution in [-0.2, 0) is 26.0 Å². The Balaban J connectivity index is 2.22. The summed E-state index contributed by atoms with van der Waals surface area (Å²) in [6.45, 7) is 5.70. The Kier molecular flexibility index (Phi) is 5.66. The van der Waals surface area contributed by atoms with Crippen LogP contribution in [0.3, 0.4) is 0 Å². The maximum atomic E-state index is 13.3. The fourth-order valence-electron chi connectivity index (χ4n) is 2.72. The number of carbonyl (C=O) groups is 1. The molecule has 8 heteroatoms. The number of ether oxygens (including phenoxy) is 1. The maximum absolute atomic E-state index is 13.3. The molecule has 0 aliphatic rings. The second-order valence-corrected chi connectivity index (χ2v) is 8.58. The van der Waals surface area contributed by atoms with Crippen molar-refractivity contribution in [1.82, 2.24) is 8.96 Å². The highest BCUT2D eigenvalue weighted by Gasteiger charge is 2.28. The first-order chi connectivity index (χ1) is 12.9. The molecule has 0 fully saturated rings. The molecule has 0 aliphatic carbocycles. The lowest BCUT2D eigenvalue weighted by Crippen LogP contribution is -2.18. The highest BCUT2D eigenvalue weighted by Crippen LogP contribution is 2.31. The molecule has 140 valence electrons. The van der Waals surface area contributed by atoms with Gasteiger partial charge in [-0.2, -0.15) is 0 Å². The normalized spacial score (nSPS) is 11.5. The van der Waals surface area contributed by atoms with Gasteiger partial charge in [0.1, 0.15) is 0 Å². The Morgan fingerprint density at radius 2 is 1.93 bits per heavy atom. The van der Waals surface area contributed by atoms with Gasteiger partial charge in [-0.05, 0) is 53.8 Å². The van der Waals surface area contributed by atoms with Crippen molar-refractivity contribution >= 4 is 49.6 Å². The summed E-state index contributed by atoms with van der Waals surface area (Å²) in [7, 11) is -3.90. The summed E-state index contributed by atoms with van der Waals surface area (Å²) in [4.78, 5) is 16.4. The molecular weight excluding hydrogens is 479 g/mol. The number of esters is 1. The molecule has 0 amide bonds. The molecule has 3 rings (SSSR count). The van der Waals surface area contributed by atoms with E-state index in [1.165, 1.54) is 16.1 Å². The third-order valence-electron chi connectivity index (χ3n) is 3.94. The van der Waals surface area contributed by atoms with Gasteiger partial charge in [-0.25, -0.2) is 22.2 Å². The van der Waals surface area contributed by atoms with Crippen LogP contribution in [0.2, 0.25) is 0 Å². The van der Waals surface area contributed by atoms with Gasteiger partial charge in [0.15, 0.2) is 5.65 Å². The zero-order valence-electron chi connectivity index (χ0n) is 14.6. The van der Waals surface area contributed by atoms with E-state index in [1.54, 1.807) is 43.5 Å². The van der Waals surface area contributed by atoms with Gasteiger partial charge in [-0.1, -0.05) is 24.8 Å². The number of hydrogen-bond donors (Lipinski definition) is 0. The number of carbonyl (C=O) groups excluding carboxylic acids is 1. The SMILES string of the molecule is C=C(Cc1c(I)c2cccnc2n1S(=O)(=O)c1ccccc1)C(=O)OCC. The number of aromatic nitrogens is 2. The zero-order valence-corrected chi connectivity index (χ0v) is 17.5. The van der Waals surface area contributed by atoms with E-state index < -0.39 is 16.0 Å². The van der Waals surface area contributed by atoms with Crippen LogP contribution in [0.25, 0.3) is 11.0 Å². The molecule has 0 bridgehead atoms. The summed E-state index contributed by atoms with van der Waals surface area (Å²) in [6.07, 6.45) is 1.58. The van der Waals surface area contributed by atoms with Crippen molar-refractivity contribution in [1.29, 1.82) is 0 Å². The van der Waals surface area contributed by atoms with E-state index >= 15 is 0 Å². The van der Waals surface area contributed by atoms with Crippen molar-refractivity contribution in [2.24, 2.45) is 0 Å². The first kappa shape index (κ1) is 19.6. The zero-order chi connectivity index (χ0) is 19.6. The molecule has 0 atom stereocenters. The van der Waals surface area contributed by atoms with Crippen LogP contribution in [0.5, 0.6) is 0 Å². The van der Waals surface area contributed by atoms with Crippen molar-refractivity contribution in [2.45, 2.75) is 18.2 Å². The third kappa shape index (κ3) is 3.63. The molecule has 0 unspecified atom stereocenters. The summed E-state index contributed by atoms with van der Waals surface area (Å²) >= 11 is 2.08. The van der Waals surface area contributed by atoms with Gasteiger partial charge < -0.3 is 4.74 Å². The molecular formula is C19H17IN2O4S. The minimum Gasteiger partial charge on any atom is -0.463 e. The number of rotatable bonds is 6. The van der Waals surface area contributed by atoms with Gasteiger partial charge in [0, 0.05) is 27.1 Å². The second kappa shape index (κ2) is 7.81. The van der Waals surface area contributed by atoms with Gasteiger partial charge in [0.25, 0.3) is 10.0 Å². The van der Waals surface area contributed by atoms with Crippen molar-refractivity contribution in [2.75, 3.05) is 6.61 Å². The predicted molar refractivity (Wildman–Crippen MR) is 111 cm³/mol. The topological polar surface area (TPSA) is 78.3 Å². The predicted octanol–water partition coefficient (Wildman–Crippen LogP) is 3.54. The molecule has 0 spiro atoms. The van der Waals surface area contributed by atoms with E-state index in [2.05, 4.69) is 34.2 Å². The van der Waals surface area contributed by atoms with E-state index in [0.717, 1.165) is 0 Å².